The van der Waals surface area contributed by atoms with Crippen molar-refractivity contribution in [2.75, 3.05) is 39.3 Å². The molecular formula is C12H25N3O. The minimum Gasteiger partial charge on any atom is -0.340 e. The molecule has 0 radical (unpaired) electrons. The summed E-state index contributed by atoms with van der Waals surface area (Å²) >= 11 is 0. The van der Waals surface area contributed by atoms with E-state index < -0.39 is 0 Å². The second-order valence-electron chi connectivity index (χ2n) is 5.15. The van der Waals surface area contributed by atoms with Gasteiger partial charge in [-0.3, -0.25) is 4.79 Å². The summed E-state index contributed by atoms with van der Waals surface area (Å²) in [4.78, 5) is 16.6. The molecule has 1 heterocycles. The van der Waals surface area contributed by atoms with E-state index in [1.807, 2.05) is 18.7 Å². The van der Waals surface area contributed by atoms with Crippen molar-refractivity contribution in [1.82, 2.24) is 9.80 Å². The molecule has 0 atom stereocenters. The summed E-state index contributed by atoms with van der Waals surface area (Å²) in [5.74, 6) is 0.258. The molecule has 1 fully saturated rings. The van der Waals surface area contributed by atoms with E-state index in [4.69, 9.17) is 5.73 Å². The van der Waals surface area contributed by atoms with Crippen LogP contribution in [-0.2, 0) is 4.79 Å². The number of nitrogens with zero attached hydrogens (tertiary/aromatic N) is 2. The average Bonchev–Trinajstić information content (AvgIpc) is 2.28. The third-order valence-electron chi connectivity index (χ3n) is 3.46. The predicted octanol–water partition coefficient (Wildman–Crippen LogP) is 0.526. The van der Waals surface area contributed by atoms with Crippen LogP contribution in [0, 0.1) is 5.41 Å². The fourth-order valence-electron chi connectivity index (χ4n) is 2.16. The van der Waals surface area contributed by atoms with Gasteiger partial charge in [-0.15, -0.1) is 0 Å². The summed E-state index contributed by atoms with van der Waals surface area (Å²) in [6.45, 7) is 11.5. The normalized spacial score (nSPS) is 18.9. The lowest BCUT2D eigenvalue weighted by molar-refractivity contribution is -0.142. The maximum absolute atomic E-state index is 12.3. The molecule has 0 spiro atoms. The number of rotatable bonds is 4. The second-order valence-corrected chi connectivity index (χ2v) is 5.15. The number of likely N-dealkylation sites (N-methyl/N-ethyl adjacent to an activating group) is 1. The van der Waals surface area contributed by atoms with Gasteiger partial charge in [0.15, 0.2) is 0 Å². The Morgan fingerprint density at radius 3 is 2.25 bits per heavy atom. The van der Waals surface area contributed by atoms with Crippen LogP contribution in [0.15, 0.2) is 0 Å². The molecule has 0 aromatic carbocycles. The number of piperazine rings is 1. The minimum atomic E-state index is -0.302. The molecule has 2 N–H and O–H groups in total. The smallest absolute Gasteiger partial charge is 0.228 e. The van der Waals surface area contributed by atoms with Crippen molar-refractivity contribution in [2.24, 2.45) is 11.1 Å². The first kappa shape index (κ1) is 13.5. The first-order valence-electron chi connectivity index (χ1n) is 6.23. The van der Waals surface area contributed by atoms with Crippen LogP contribution < -0.4 is 5.73 Å². The number of amides is 1. The summed E-state index contributed by atoms with van der Waals surface area (Å²) in [5, 5.41) is 0. The Balaban J connectivity index is 2.50. The Hall–Kier alpha value is -0.610. The van der Waals surface area contributed by atoms with E-state index in [0.29, 0.717) is 6.54 Å². The topological polar surface area (TPSA) is 49.6 Å². The Labute approximate surface area is 98.8 Å². The van der Waals surface area contributed by atoms with E-state index in [1.165, 1.54) is 0 Å². The lowest BCUT2D eigenvalue weighted by Crippen LogP contribution is -2.52. The van der Waals surface area contributed by atoms with Crippen molar-refractivity contribution in [3.63, 3.8) is 0 Å². The van der Waals surface area contributed by atoms with Gasteiger partial charge < -0.3 is 15.5 Å². The Morgan fingerprint density at radius 1 is 1.25 bits per heavy atom. The molecule has 0 saturated carbocycles. The summed E-state index contributed by atoms with van der Waals surface area (Å²) in [6.07, 6.45) is 0.764. The average molecular weight is 227 g/mol. The first-order chi connectivity index (χ1) is 7.51. The van der Waals surface area contributed by atoms with E-state index in [0.717, 1.165) is 39.1 Å². The Morgan fingerprint density at radius 2 is 1.81 bits per heavy atom. The molecule has 1 saturated heterocycles. The van der Waals surface area contributed by atoms with Crippen LogP contribution in [0.2, 0.25) is 0 Å². The van der Waals surface area contributed by atoms with Crippen LogP contribution in [0.5, 0.6) is 0 Å². The van der Waals surface area contributed by atoms with Gasteiger partial charge in [-0.05, 0) is 19.5 Å². The van der Waals surface area contributed by atoms with Gasteiger partial charge in [-0.25, -0.2) is 0 Å². The van der Waals surface area contributed by atoms with E-state index >= 15 is 0 Å². The summed E-state index contributed by atoms with van der Waals surface area (Å²) in [5.41, 5.74) is 5.24. The quantitative estimate of drug-likeness (QED) is 0.762. The molecule has 4 heteroatoms. The van der Waals surface area contributed by atoms with E-state index in [1.54, 1.807) is 0 Å². The van der Waals surface area contributed by atoms with Crippen molar-refractivity contribution in [2.45, 2.75) is 27.2 Å². The van der Waals surface area contributed by atoms with E-state index in [-0.39, 0.29) is 11.3 Å². The highest BCUT2D eigenvalue weighted by Gasteiger charge is 2.32. The summed E-state index contributed by atoms with van der Waals surface area (Å²) in [7, 11) is 0. The highest BCUT2D eigenvalue weighted by Crippen LogP contribution is 2.23. The molecule has 0 bridgehead atoms. The van der Waals surface area contributed by atoms with Gasteiger partial charge >= 0.3 is 0 Å². The van der Waals surface area contributed by atoms with Crippen molar-refractivity contribution in [1.29, 1.82) is 0 Å². The molecule has 1 rings (SSSR count). The second kappa shape index (κ2) is 5.64. The molecular weight excluding hydrogens is 202 g/mol. The van der Waals surface area contributed by atoms with Crippen molar-refractivity contribution in [3.05, 3.63) is 0 Å². The standard InChI is InChI=1S/C12H25N3O/c1-4-14-7-9-15(10-8-14)11(16)12(2,3)5-6-13/h4-10,13H2,1-3H3. The number of hydrogen-bond donors (Lipinski definition) is 1. The zero-order valence-electron chi connectivity index (χ0n) is 10.8. The molecule has 1 aliphatic heterocycles. The minimum absolute atomic E-state index is 0.258. The van der Waals surface area contributed by atoms with Gasteiger partial charge in [0, 0.05) is 31.6 Å². The van der Waals surface area contributed by atoms with Crippen LogP contribution in [-0.4, -0.2) is 55.0 Å². The molecule has 16 heavy (non-hydrogen) atoms. The molecule has 0 aromatic rings. The molecule has 94 valence electrons. The molecule has 0 aliphatic carbocycles. The zero-order valence-corrected chi connectivity index (χ0v) is 10.8. The lowest BCUT2D eigenvalue weighted by Gasteiger charge is -2.38. The summed E-state index contributed by atoms with van der Waals surface area (Å²) < 4.78 is 0. The number of carbonyl (C=O) groups is 1. The van der Waals surface area contributed by atoms with Gasteiger partial charge in [0.05, 0.1) is 0 Å². The van der Waals surface area contributed by atoms with Gasteiger partial charge in [0.1, 0.15) is 0 Å². The van der Waals surface area contributed by atoms with Crippen LogP contribution >= 0.6 is 0 Å². The molecule has 0 aromatic heterocycles. The third kappa shape index (κ3) is 3.19. The number of hydrogen-bond acceptors (Lipinski definition) is 3. The number of nitrogens with two attached hydrogens (primary N) is 1. The van der Waals surface area contributed by atoms with E-state index in [2.05, 4.69) is 11.8 Å². The maximum Gasteiger partial charge on any atom is 0.228 e. The monoisotopic (exact) mass is 227 g/mol. The lowest BCUT2D eigenvalue weighted by atomic mass is 9.87. The maximum atomic E-state index is 12.3. The van der Waals surface area contributed by atoms with Gasteiger partial charge in [0.2, 0.25) is 5.91 Å². The van der Waals surface area contributed by atoms with E-state index in [9.17, 15) is 4.79 Å². The fourth-order valence-corrected chi connectivity index (χ4v) is 2.16. The van der Waals surface area contributed by atoms with Gasteiger partial charge in [-0.2, -0.15) is 0 Å². The molecule has 1 amide bonds. The largest absolute Gasteiger partial charge is 0.340 e. The Kier molecular flexibility index (Phi) is 4.74. The molecule has 4 nitrogen and oxygen atoms in total. The SMILES string of the molecule is CCN1CCN(C(=O)C(C)(C)CCN)CC1. The third-order valence-corrected chi connectivity index (χ3v) is 3.46. The van der Waals surface area contributed by atoms with Crippen molar-refractivity contribution < 1.29 is 4.79 Å². The zero-order chi connectivity index (χ0) is 12.2. The highest BCUT2D eigenvalue weighted by molar-refractivity contribution is 5.82. The van der Waals surface area contributed by atoms with Crippen LogP contribution in [0.3, 0.4) is 0 Å². The molecule has 1 aliphatic rings. The Bertz CT molecular complexity index is 232. The van der Waals surface area contributed by atoms with Crippen LogP contribution in [0.4, 0.5) is 0 Å². The predicted molar refractivity (Wildman–Crippen MR) is 66.1 cm³/mol. The highest BCUT2D eigenvalue weighted by atomic mass is 16.2. The van der Waals surface area contributed by atoms with Gasteiger partial charge in [0.25, 0.3) is 0 Å². The summed E-state index contributed by atoms with van der Waals surface area (Å²) in [6, 6.07) is 0. The molecule has 0 unspecified atom stereocenters. The fraction of sp³-hybridized carbons (Fsp3) is 0.917. The van der Waals surface area contributed by atoms with Crippen molar-refractivity contribution >= 4 is 5.91 Å². The van der Waals surface area contributed by atoms with Crippen molar-refractivity contribution in [3.8, 4) is 0 Å². The van der Waals surface area contributed by atoms with Crippen LogP contribution in [0.1, 0.15) is 27.2 Å². The van der Waals surface area contributed by atoms with Gasteiger partial charge in [-0.1, -0.05) is 20.8 Å². The number of carbonyl (C=O) groups excluding carboxylic acids is 1. The van der Waals surface area contributed by atoms with Crippen LogP contribution in [0.25, 0.3) is 0 Å². The first-order valence-corrected chi connectivity index (χ1v) is 6.23.